The summed E-state index contributed by atoms with van der Waals surface area (Å²) in [7, 11) is 0. The maximum absolute atomic E-state index is 9.47. The number of hydrogen-bond acceptors (Lipinski definition) is 1. The Hall–Kier alpha value is -0.790. The minimum absolute atomic E-state index is 0.481. The zero-order valence-corrected chi connectivity index (χ0v) is 8.18. The molecule has 0 aliphatic carbocycles. The summed E-state index contributed by atoms with van der Waals surface area (Å²) in [6.45, 7) is 11.6. The van der Waals surface area contributed by atoms with E-state index in [1.165, 1.54) is 12.8 Å². The molecule has 68 valence electrons. The van der Waals surface area contributed by atoms with E-state index in [1.54, 1.807) is 0 Å². The average molecular weight is 159 g/mol. The highest BCUT2D eigenvalue weighted by molar-refractivity contribution is 5.84. The van der Waals surface area contributed by atoms with E-state index in [0.717, 1.165) is 6.08 Å². The van der Waals surface area contributed by atoms with E-state index >= 15 is 0 Å². The Morgan fingerprint density at radius 3 is 1.36 bits per heavy atom. The molecule has 0 radical (unpaired) electrons. The number of hydrogen-bond donors (Lipinski definition) is 1. The average Bonchev–Trinajstić information content (AvgIpc) is 1.91. The predicted molar refractivity (Wildman–Crippen MR) is 51.3 cm³/mol. The molecule has 2 nitrogen and oxygen atoms in total. The fraction of sp³-hybridized carbons (Fsp3) is 0.667. The van der Waals surface area contributed by atoms with E-state index in [4.69, 9.17) is 0 Å². The first-order valence-corrected chi connectivity index (χ1v) is 4.02. The Labute approximate surface area is 70.5 Å². The first-order chi connectivity index (χ1) is 5.10. The molecule has 2 heteroatoms. The van der Waals surface area contributed by atoms with Crippen molar-refractivity contribution in [2.45, 2.75) is 40.5 Å². The Morgan fingerprint density at radius 1 is 1.27 bits per heavy atom. The van der Waals surface area contributed by atoms with Crippen LogP contribution >= 0.6 is 0 Å². The second kappa shape index (κ2) is 22.9. The molecule has 0 aliphatic heterocycles. The molecule has 11 heavy (non-hydrogen) atoms. The van der Waals surface area contributed by atoms with Gasteiger partial charge >= 0.3 is 0 Å². The summed E-state index contributed by atoms with van der Waals surface area (Å²) in [6.07, 6.45) is 3.56. The van der Waals surface area contributed by atoms with E-state index in [2.05, 4.69) is 40.0 Å². The van der Waals surface area contributed by atoms with Crippen LogP contribution in [0.3, 0.4) is 0 Å². The number of primary amides is 1. The van der Waals surface area contributed by atoms with Crippen LogP contribution in [-0.4, -0.2) is 5.91 Å². The summed E-state index contributed by atoms with van der Waals surface area (Å²) in [5.41, 5.74) is 4.53. The van der Waals surface area contributed by atoms with Crippen molar-refractivity contribution in [2.75, 3.05) is 0 Å². The predicted octanol–water partition coefficient (Wildman–Crippen LogP) is 2.49. The molecule has 0 atom stereocenters. The molecule has 0 saturated heterocycles. The number of nitrogens with two attached hydrogens (primary N) is 1. The van der Waals surface area contributed by atoms with Crippen LogP contribution in [0.2, 0.25) is 0 Å². The van der Waals surface area contributed by atoms with E-state index in [1.807, 2.05) is 0 Å². The van der Waals surface area contributed by atoms with Crippen molar-refractivity contribution >= 4 is 5.91 Å². The summed E-state index contributed by atoms with van der Waals surface area (Å²) in [5.74, 6) is -0.481. The largest absolute Gasteiger partial charge is 0.366 e. The molecule has 1 amide bonds. The quantitative estimate of drug-likeness (QED) is 0.587. The van der Waals surface area contributed by atoms with Gasteiger partial charge in [0.15, 0.2) is 0 Å². The van der Waals surface area contributed by atoms with Gasteiger partial charge in [-0.15, -0.1) is 0 Å². The van der Waals surface area contributed by atoms with Gasteiger partial charge in [-0.05, 0) is 6.08 Å². The smallest absolute Gasteiger partial charge is 0.240 e. The minimum atomic E-state index is -0.481. The first kappa shape index (κ1) is 16.7. The standard InChI is InChI=1S/C3H5NO.2C3H8/c1-2-3(4)5;2*1-3-2/h2H,1H2,(H2,4,5);2*3H2,1-2H3. The number of rotatable bonds is 1. The van der Waals surface area contributed by atoms with Crippen molar-refractivity contribution in [3.05, 3.63) is 12.7 Å². The van der Waals surface area contributed by atoms with Crippen LogP contribution in [0.15, 0.2) is 12.7 Å². The molecule has 2 N–H and O–H groups in total. The lowest BCUT2D eigenvalue weighted by atomic mass is 10.6. The molecule has 0 aliphatic rings. The molecule has 0 aromatic heterocycles. The summed E-state index contributed by atoms with van der Waals surface area (Å²) in [4.78, 5) is 9.47. The molecule has 0 rings (SSSR count). The molecule has 0 spiro atoms. The van der Waals surface area contributed by atoms with Crippen molar-refractivity contribution in [1.29, 1.82) is 0 Å². The van der Waals surface area contributed by atoms with E-state index in [0.29, 0.717) is 0 Å². The SMILES string of the molecule is C=CC(N)=O.CCC.CCC. The Balaban J connectivity index is -0.0000000933. The Morgan fingerprint density at radius 2 is 1.36 bits per heavy atom. The lowest BCUT2D eigenvalue weighted by Gasteiger charge is -1.65. The third kappa shape index (κ3) is 327. The van der Waals surface area contributed by atoms with Crippen LogP contribution in [0.4, 0.5) is 0 Å². The highest BCUT2D eigenvalue weighted by atomic mass is 16.1. The fourth-order valence-electron chi connectivity index (χ4n) is 0. The molecule has 0 unspecified atom stereocenters. The van der Waals surface area contributed by atoms with E-state index < -0.39 is 5.91 Å². The van der Waals surface area contributed by atoms with E-state index in [9.17, 15) is 4.79 Å². The van der Waals surface area contributed by atoms with Gasteiger partial charge in [-0.2, -0.15) is 0 Å². The molecule has 0 aromatic carbocycles. The molecule has 0 fully saturated rings. The summed E-state index contributed by atoms with van der Waals surface area (Å²) in [6, 6.07) is 0. The molecule has 0 heterocycles. The van der Waals surface area contributed by atoms with Gasteiger partial charge in [-0.3, -0.25) is 4.79 Å². The molecular formula is C9H21NO. The van der Waals surface area contributed by atoms with Gasteiger partial charge in [0.25, 0.3) is 0 Å². The first-order valence-electron chi connectivity index (χ1n) is 4.02. The maximum Gasteiger partial charge on any atom is 0.240 e. The van der Waals surface area contributed by atoms with Crippen LogP contribution in [0.1, 0.15) is 40.5 Å². The number of amides is 1. The van der Waals surface area contributed by atoms with Crippen molar-refractivity contribution in [2.24, 2.45) is 5.73 Å². The van der Waals surface area contributed by atoms with Gasteiger partial charge in [0.1, 0.15) is 0 Å². The van der Waals surface area contributed by atoms with Gasteiger partial charge in [-0.1, -0.05) is 47.1 Å². The third-order valence-corrected chi connectivity index (χ3v) is 0.201. The Kier molecular flexibility index (Phi) is 34.6. The summed E-state index contributed by atoms with van der Waals surface area (Å²) < 4.78 is 0. The van der Waals surface area contributed by atoms with Gasteiger partial charge < -0.3 is 5.73 Å². The topological polar surface area (TPSA) is 43.1 Å². The third-order valence-electron chi connectivity index (χ3n) is 0.201. The normalized spacial score (nSPS) is 6.18. The van der Waals surface area contributed by atoms with Gasteiger partial charge in [0.2, 0.25) is 5.91 Å². The van der Waals surface area contributed by atoms with Crippen molar-refractivity contribution < 1.29 is 4.79 Å². The lowest BCUT2D eigenvalue weighted by Crippen LogP contribution is -2.04. The minimum Gasteiger partial charge on any atom is -0.366 e. The fourth-order valence-corrected chi connectivity index (χ4v) is 0. The summed E-state index contributed by atoms with van der Waals surface area (Å²) >= 11 is 0. The highest BCUT2D eigenvalue weighted by Crippen LogP contribution is 1.56. The van der Waals surface area contributed by atoms with Crippen molar-refractivity contribution in [3.63, 3.8) is 0 Å². The van der Waals surface area contributed by atoms with Gasteiger partial charge in [0, 0.05) is 0 Å². The maximum atomic E-state index is 9.47. The number of carbonyl (C=O) groups is 1. The monoisotopic (exact) mass is 159 g/mol. The second-order valence-electron chi connectivity index (χ2n) is 2.02. The van der Waals surface area contributed by atoms with Crippen LogP contribution in [0.5, 0.6) is 0 Å². The van der Waals surface area contributed by atoms with Crippen LogP contribution in [0.25, 0.3) is 0 Å². The molecule has 0 aromatic rings. The van der Waals surface area contributed by atoms with E-state index in [-0.39, 0.29) is 0 Å². The molecular weight excluding hydrogens is 138 g/mol. The van der Waals surface area contributed by atoms with Gasteiger partial charge in [0.05, 0.1) is 0 Å². The highest BCUT2D eigenvalue weighted by Gasteiger charge is 1.69. The van der Waals surface area contributed by atoms with Crippen LogP contribution in [0, 0.1) is 0 Å². The molecule has 0 bridgehead atoms. The van der Waals surface area contributed by atoms with Crippen LogP contribution < -0.4 is 5.73 Å². The van der Waals surface area contributed by atoms with Crippen molar-refractivity contribution in [3.8, 4) is 0 Å². The Bertz CT molecular complexity index is 77.6. The van der Waals surface area contributed by atoms with Gasteiger partial charge in [-0.25, -0.2) is 0 Å². The second-order valence-corrected chi connectivity index (χ2v) is 2.02. The van der Waals surface area contributed by atoms with Crippen molar-refractivity contribution in [1.82, 2.24) is 0 Å². The molecule has 0 saturated carbocycles. The zero-order valence-electron chi connectivity index (χ0n) is 8.18. The lowest BCUT2D eigenvalue weighted by molar-refractivity contribution is -0.113. The summed E-state index contributed by atoms with van der Waals surface area (Å²) in [5, 5.41) is 0. The van der Waals surface area contributed by atoms with Crippen LogP contribution in [-0.2, 0) is 4.79 Å². The zero-order chi connectivity index (χ0) is 9.70. The number of carbonyl (C=O) groups excluding carboxylic acids is 1.